The molecule has 1 aromatic carbocycles. The van der Waals surface area contributed by atoms with Gasteiger partial charge in [0.05, 0.1) is 0 Å². The molecule has 0 aliphatic heterocycles. The van der Waals surface area contributed by atoms with Crippen molar-refractivity contribution in [2.24, 2.45) is 11.8 Å². The van der Waals surface area contributed by atoms with E-state index in [2.05, 4.69) is 32.0 Å². The van der Waals surface area contributed by atoms with Crippen LogP contribution in [0.2, 0.25) is 0 Å². The summed E-state index contributed by atoms with van der Waals surface area (Å²) in [6, 6.07) is 7.29. The van der Waals surface area contributed by atoms with Crippen LogP contribution < -0.4 is 0 Å². The van der Waals surface area contributed by atoms with Crippen LogP contribution in [0.5, 0.6) is 0 Å². The van der Waals surface area contributed by atoms with Gasteiger partial charge in [-0.15, -0.1) is 0 Å². The molecule has 0 amide bonds. The molecule has 0 radical (unpaired) electrons. The molecule has 1 heteroatoms. The molecule has 0 spiro atoms. The summed E-state index contributed by atoms with van der Waals surface area (Å²) in [5.74, 6) is 3.65. The first-order valence-electron chi connectivity index (χ1n) is 9.84. The molecule has 1 aromatic rings. The van der Waals surface area contributed by atoms with Crippen molar-refractivity contribution in [1.29, 1.82) is 0 Å². The van der Waals surface area contributed by atoms with E-state index in [1.54, 1.807) is 11.1 Å². The second-order valence-corrected chi connectivity index (χ2v) is 8.16. The highest BCUT2D eigenvalue weighted by atomic mass is 32.1. The van der Waals surface area contributed by atoms with Gasteiger partial charge in [0, 0.05) is 6.42 Å². The minimum Gasteiger partial charge on any atom is -0.0931 e. The van der Waals surface area contributed by atoms with Crippen molar-refractivity contribution in [1.82, 2.24) is 0 Å². The summed E-state index contributed by atoms with van der Waals surface area (Å²) in [6.45, 7) is 4.62. The molecule has 4 unspecified atom stereocenters. The van der Waals surface area contributed by atoms with E-state index in [-0.39, 0.29) is 0 Å². The maximum Gasteiger partial charge on any atom is 0.000785 e. The summed E-state index contributed by atoms with van der Waals surface area (Å²) in [7, 11) is 0. The summed E-state index contributed by atoms with van der Waals surface area (Å²) in [5, 5.41) is 1.88. The lowest BCUT2D eigenvalue weighted by Crippen LogP contribution is -1.97. The minimum atomic E-state index is 0.856. The molecule has 0 N–H and O–H groups in total. The average molecular weight is 329 g/mol. The first kappa shape index (κ1) is 17.1. The second-order valence-electron chi connectivity index (χ2n) is 7.82. The summed E-state index contributed by atoms with van der Waals surface area (Å²) in [5.41, 5.74) is 4.82. The fourth-order valence-corrected chi connectivity index (χ4v) is 4.53. The Morgan fingerprint density at radius 3 is 2.13 bits per heavy atom. The number of thiocarbonyl (C=S) groups is 1. The van der Waals surface area contributed by atoms with Gasteiger partial charge in [-0.3, -0.25) is 0 Å². The molecular weight excluding hydrogens is 296 g/mol. The number of hydrogen-bond donors (Lipinski definition) is 0. The number of benzene rings is 1. The highest BCUT2D eigenvalue weighted by Gasteiger charge is 2.44. The maximum atomic E-state index is 5.08. The average Bonchev–Trinajstić information content (AvgIpc) is 3.46. The number of hydrogen-bond acceptors (Lipinski definition) is 1. The zero-order valence-corrected chi connectivity index (χ0v) is 15.7. The quantitative estimate of drug-likeness (QED) is 0.425. The molecule has 2 aliphatic carbocycles. The van der Waals surface area contributed by atoms with Gasteiger partial charge in [0.15, 0.2) is 0 Å². The molecule has 0 aromatic heterocycles. The third kappa shape index (κ3) is 4.24. The monoisotopic (exact) mass is 328 g/mol. The molecular formula is C22H32S. The fraction of sp³-hybridized carbons (Fsp3) is 0.682. The molecule has 0 saturated heterocycles. The van der Waals surface area contributed by atoms with Crippen molar-refractivity contribution < 1.29 is 0 Å². The summed E-state index contributed by atoms with van der Waals surface area (Å²) in [4.78, 5) is 0. The van der Waals surface area contributed by atoms with Crippen molar-refractivity contribution >= 4 is 17.6 Å². The predicted octanol–water partition coefficient (Wildman–Crippen LogP) is 6.82. The minimum absolute atomic E-state index is 0.856. The Morgan fingerprint density at radius 1 is 0.957 bits per heavy atom. The number of rotatable bonds is 10. The highest BCUT2D eigenvalue weighted by Crippen LogP contribution is 2.57. The molecule has 23 heavy (non-hydrogen) atoms. The Bertz CT molecular complexity index is 533. The van der Waals surface area contributed by atoms with Crippen molar-refractivity contribution in [3.63, 3.8) is 0 Å². The van der Waals surface area contributed by atoms with E-state index in [1.165, 1.54) is 56.9 Å². The van der Waals surface area contributed by atoms with Gasteiger partial charge in [0.25, 0.3) is 0 Å². The van der Waals surface area contributed by atoms with E-state index in [4.69, 9.17) is 12.2 Å². The van der Waals surface area contributed by atoms with E-state index in [0.29, 0.717) is 0 Å². The zero-order valence-electron chi connectivity index (χ0n) is 14.9. The summed E-state index contributed by atoms with van der Waals surface area (Å²) >= 11 is 5.08. The van der Waals surface area contributed by atoms with Gasteiger partial charge in [-0.2, -0.15) is 0 Å². The molecule has 0 bridgehead atoms. The van der Waals surface area contributed by atoms with Crippen molar-refractivity contribution in [2.75, 3.05) is 0 Å². The van der Waals surface area contributed by atoms with Gasteiger partial charge in [0.1, 0.15) is 0 Å². The fourth-order valence-electron chi connectivity index (χ4n) is 4.33. The van der Waals surface area contributed by atoms with E-state index in [1.807, 2.05) is 5.37 Å². The normalized spacial score (nSPS) is 28.6. The van der Waals surface area contributed by atoms with Crippen molar-refractivity contribution in [3.8, 4) is 0 Å². The first-order valence-corrected chi connectivity index (χ1v) is 10.3. The van der Waals surface area contributed by atoms with Gasteiger partial charge in [-0.1, -0.05) is 69.9 Å². The third-order valence-corrected chi connectivity index (χ3v) is 6.14. The Labute approximate surface area is 148 Å². The molecule has 2 saturated carbocycles. The van der Waals surface area contributed by atoms with Crippen LogP contribution in [0.1, 0.15) is 93.7 Å². The largest absolute Gasteiger partial charge is 0.0931 e. The van der Waals surface area contributed by atoms with Gasteiger partial charge >= 0.3 is 0 Å². The molecule has 126 valence electrons. The topological polar surface area (TPSA) is 0 Å². The maximum absolute atomic E-state index is 5.08. The first-order chi connectivity index (χ1) is 11.3. The molecule has 2 fully saturated rings. The van der Waals surface area contributed by atoms with Gasteiger partial charge < -0.3 is 0 Å². The van der Waals surface area contributed by atoms with Crippen LogP contribution in [0.15, 0.2) is 18.2 Å². The van der Waals surface area contributed by atoms with Crippen LogP contribution in [-0.4, -0.2) is 5.37 Å². The van der Waals surface area contributed by atoms with Crippen molar-refractivity contribution in [3.05, 3.63) is 34.9 Å². The van der Waals surface area contributed by atoms with E-state index < -0.39 is 0 Å². The lowest BCUT2D eigenvalue weighted by Gasteiger charge is -2.12. The molecule has 2 aliphatic rings. The molecule has 0 nitrogen and oxygen atoms in total. The summed E-state index contributed by atoms with van der Waals surface area (Å²) < 4.78 is 0. The van der Waals surface area contributed by atoms with Gasteiger partial charge in [-0.25, -0.2) is 0 Å². The van der Waals surface area contributed by atoms with E-state index in [0.717, 1.165) is 30.1 Å². The van der Waals surface area contributed by atoms with Crippen LogP contribution in [0.25, 0.3) is 0 Å². The molecule has 4 atom stereocenters. The smallest absolute Gasteiger partial charge is 0.000785 e. The Kier molecular flexibility index (Phi) is 5.91. The Morgan fingerprint density at radius 2 is 1.57 bits per heavy atom. The van der Waals surface area contributed by atoms with Gasteiger partial charge in [-0.05, 0) is 71.4 Å². The Balaban J connectivity index is 1.73. The third-order valence-electron chi connectivity index (χ3n) is 5.97. The van der Waals surface area contributed by atoms with Crippen LogP contribution in [0, 0.1) is 11.8 Å². The molecule has 0 heterocycles. The van der Waals surface area contributed by atoms with E-state index >= 15 is 0 Å². The SMILES string of the molecule is CCCCC1CC1c1ccc(CC=S)cc1C1CC1CCCC. The van der Waals surface area contributed by atoms with Crippen LogP contribution >= 0.6 is 12.2 Å². The van der Waals surface area contributed by atoms with Gasteiger partial charge in [0.2, 0.25) is 0 Å². The molecule has 3 rings (SSSR count). The van der Waals surface area contributed by atoms with Crippen LogP contribution in [0.4, 0.5) is 0 Å². The van der Waals surface area contributed by atoms with Crippen LogP contribution in [-0.2, 0) is 6.42 Å². The lowest BCUT2D eigenvalue weighted by molar-refractivity contribution is 0.631. The Hall–Kier alpha value is -0.690. The van der Waals surface area contributed by atoms with E-state index in [9.17, 15) is 0 Å². The van der Waals surface area contributed by atoms with Crippen LogP contribution in [0.3, 0.4) is 0 Å². The van der Waals surface area contributed by atoms with Crippen molar-refractivity contribution in [2.45, 2.75) is 83.5 Å². The predicted molar refractivity (Wildman–Crippen MR) is 105 cm³/mol. The zero-order chi connectivity index (χ0) is 16.2. The second kappa shape index (κ2) is 7.92. The lowest BCUT2D eigenvalue weighted by atomic mass is 9.93. The highest BCUT2D eigenvalue weighted by molar-refractivity contribution is 7.78. The number of unbranched alkanes of at least 4 members (excludes halogenated alkanes) is 2. The standard InChI is InChI=1S/C22H32S/c1-3-5-7-17-14-20(17)19-10-9-16(11-12-23)13-22(19)21-15-18(21)8-6-4-2/h9-10,12-13,17-18,20-21H,3-8,11,14-15H2,1-2H3. The summed E-state index contributed by atoms with van der Waals surface area (Å²) in [6.07, 6.45) is 12.2.